The molecule has 0 spiro atoms. The van der Waals surface area contributed by atoms with Gasteiger partial charge in [-0.05, 0) is 75.6 Å². The predicted octanol–water partition coefficient (Wildman–Crippen LogP) is 4.96. The second-order valence-electron chi connectivity index (χ2n) is 10.7. The Morgan fingerprint density at radius 1 is 1.05 bits per heavy atom. The molecule has 0 bridgehead atoms. The van der Waals surface area contributed by atoms with Crippen LogP contribution in [0.4, 0.5) is 16.3 Å². The van der Waals surface area contributed by atoms with Crippen LogP contribution >= 0.6 is 0 Å². The number of aromatic nitrogens is 3. The van der Waals surface area contributed by atoms with Gasteiger partial charge in [-0.2, -0.15) is 0 Å². The van der Waals surface area contributed by atoms with E-state index in [1.54, 1.807) is 43.7 Å². The maximum atomic E-state index is 13.2. The van der Waals surface area contributed by atoms with Crippen molar-refractivity contribution >= 4 is 34.5 Å². The van der Waals surface area contributed by atoms with Crippen LogP contribution in [0.25, 0.3) is 16.6 Å². The van der Waals surface area contributed by atoms with Gasteiger partial charge in [-0.15, -0.1) is 0 Å². The molecule has 2 N–H and O–H groups in total. The number of benzene rings is 1. The summed E-state index contributed by atoms with van der Waals surface area (Å²) in [6, 6.07) is 9.29. The van der Waals surface area contributed by atoms with Gasteiger partial charge < -0.3 is 19.3 Å². The number of hydrogen-bond acceptors (Lipinski definition) is 7. The number of aromatic carboxylic acids is 1. The zero-order chi connectivity index (χ0) is 28.1. The summed E-state index contributed by atoms with van der Waals surface area (Å²) >= 11 is 0. The van der Waals surface area contributed by atoms with Crippen LogP contribution in [0.5, 0.6) is 0 Å². The number of aryl methyl sites for hydroxylation is 2. The van der Waals surface area contributed by atoms with E-state index in [0.717, 1.165) is 22.5 Å². The maximum Gasteiger partial charge on any atom is 0.413 e. The zero-order valence-electron chi connectivity index (χ0n) is 22.4. The lowest BCUT2D eigenvalue weighted by Crippen LogP contribution is -2.27. The molecule has 0 saturated carbocycles. The number of nitrogens with zero attached hydrogens (tertiary/aromatic N) is 4. The number of carbonyl (C=O) groups is 2. The number of pyridine rings is 3. The minimum Gasteiger partial charge on any atom is -0.477 e. The monoisotopic (exact) mass is 527 g/mol. The molecular weight excluding hydrogens is 498 g/mol. The van der Waals surface area contributed by atoms with Crippen LogP contribution in [0.15, 0.2) is 53.7 Å². The standard InChI is InChI=1S/C29H29N5O5/c1-16-9-19-23(11-22(16)33-13-18-7-6-8-30-21(18)15-33)34(14-20(26(19)35)27(36)37)24-12-31-25(10-17(24)2)32-28(38)39-29(3,4)5/h6-12,14H,13,15H2,1-5H3,(H,36,37)(H,31,32,38). The first-order valence-electron chi connectivity index (χ1n) is 12.5. The van der Waals surface area contributed by atoms with Gasteiger partial charge >= 0.3 is 12.1 Å². The van der Waals surface area contributed by atoms with Gasteiger partial charge in [0.05, 0.1) is 29.6 Å². The molecular formula is C29H29N5O5. The normalized spacial score (nSPS) is 12.9. The highest BCUT2D eigenvalue weighted by atomic mass is 16.6. The summed E-state index contributed by atoms with van der Waals surface area (Å²) in [7, 11) is 0. The van der Waals surface area contributed by atoms with Crippen molar-refractivity contribution in [1.82, 2.24) is 14.5 Å². The third-order valence-electron chi connectivity index (χ3n) is 6.55. The van der Waals surface area contributed by atoms with Crippen molar-refractivity contribution in [3.05, 3.63) is 87.1 Å². The molecule has 0 unspecified atom stereocenters. The largest absolute Gasteiger partial charge is 0.477 e. The number of nitrogens with one attached hydrogen (secondary N) is 1. The predicted molar refractivity (Wildman–Crippen MR) is 148 cm³/mol. The summed E-state index contributed by atoms with van der Waals surface area (Å²) in [6.07, 6.45) is 4.01. The van der Waals surface area contributed by atoms with Gasteiger partial charge in [0, 0.05) is 30.0 Å². The van der Waals surface area contributed by atoms with Gasteiger partial charge in [-0.25, -0.2) is 14.6 Å². The van der Waals surface area contributed by atoms with Crippen molar-refractivity contribution in [2.75, 3.05) is 10.2 Å². The van der Waals surface area contributed by atoms with Crippen molar-refractivity contribution in [1.29, 1.82) is 0 Å². The van der Waals surface area contributed by atoms with E-state index in [1.807, 2.05) is 26.0 Å². The van der Waals surface area contributed by atoms with E-state index in [4.69, 9.17) is 4.74 Å². The Bertz CT molecular complexity index is 1680. The summed E-state index contributed by atoms with van der Waals surface area (Å²) in [5.41, 5.74) is 4.18. The first kappa shape index (κ1) is 25.9. The molecule has 3 aromatic heterocycles. The van der Waals surface area contributed by atoms with Gasteiger partial charge in [0.15, 0.2) is 0 Å². The van der Waals surface area contributed by atoms with Gasteiger partial charge in [-0.1, -0.05) is 6.07 Å². The number of amides is 1. The summed E-state index contributed by atoms with van der Waals surface area (Å²) in [6.45, 7) is 10.3. The minimum atomic E-state index is -1.31. The number of ether oxygens (including phenoxy) is 1. The van der Waals surface area contributed by atoms with Crippen LogP contribution in [0.2, 0.25) is 0 Å². The fourth-order valence-corrected chi connectivity index (χ4v) is 4.81. The van der Waals surface area contributed by atoms with E-state index >= 15 is 0 Å². The number of carboxylic acid groups (broad SMARTS) is 1. The van der Waals surface area contributed by atoms with Crippen LogP contribution in [-0.4, -0.2) is 37.3 Å². The molecule has 1 amide bonds. The lowest BCUT2D eigenvalue weighted by molar-refractivity contribution is 0.0633. The molecule has 0 fully saturated rings. The average Bonchev–Trinajstić information content (AvgIpc) is 3.27. The van der Waals surface area contributed by atoms with Crippen molar-refractivity contribution in [2.24, 2.45) is 0 Å². The summed E-state index contributed by atoms with van der Waals surface area (Å²) < 4.78 is 6.97. The fraction of sp³-hybridized carbons (Fsp3) is 0.276. The highest BCUT2D eigenvalue weighted by Gasteiger charge is 2.24. The van der Waals surface area contributed by atoms with Crippen LogP contribution in [0.3, 0.4) is 0 Å². The van der Waals surface area contributed by atoms with E-state index in [2.05, 4.69) is 26.3 Å². The fourth-order valence-electron chi connectivity index (χ4n) is 4.81. The first-order chi connectivity index (χ1) is 18.4. The van der Waals surface area contributed by atoms with E-state index in [1.165, 1.54) is 12.4 Å². The van der Waals surface area contributed by atoms with E-state index < -0.39 is 23.1 Å². The SMILES string of the molecule is Cc1cc2c(=O)c(C(=O)O)cn(-c3cnc(NC(=O)OC(C)(C)C)cc3C)c2cc1N1Cc2cccnc2C1. The number of carbonyl (C=O) groups excluding carboxylic acids is 1. The molecule has 1 aliphatic heterocycles. The molecule has 0 radical (unpaired) electrons. The van der Waals surface area contributed by atoms with Gasteiger partial charge in [-0.3, -0.25) is 15.1 Å². The second kappa shape index (κ2) is 9.54. The second-order valence-corrected chi connectivity index (χ2v) is 10.7. The molecule has 5 rings (SSSR count). The maximum absolute atomic E-state index is 13.2. The van der Waals surface area contributed by atoms with E-state index in [-0.39, 0.29) is 11.4 Å². The minimum absolute atomic E-state index is 0.285. The Morgan fingerprint density at radius 2 is 1.79 bits per heavy atom. The molecule has 4 aromatic rings. The van der Waals surface area contributed by atoms with E-state index in [9.17, 15) is 19.5 Å². The van der Waals surface area contributed by atoms with E-state index in [0.29, 0.717) is 35.2 Å². The van der Waals surface area contributed by atoms with Crippen LogP contribution < -0.4 is 15.6 Å². The lowest BCUT2D eigenvalue weighted by Gasteiger charge is -2.23. The quantitative estimate of drug-likeness (QED) is 0.381. The number of carboxylic acids is 1. The van der Waals surface area contributed by atoms with Crippen LogP contribution in [0.1, 0.15) is 53.5 Å². The third-order valence-corrected chi connectivity index (χ3v) is 6.55. The molecule has 10 nitrogen and oxygen atoms in total. The summed E-state index contributed by atoms with van der Waals surface area (Å²) in [4.78, 5) is 48.4. The number of hydrogen-bond donors (Lipinski definition) is 2. The Labute approximate surface area is 224 Å². The van der Waals surface area contributed by atoms with Crippen molar-refractivity contribution in [2.45, 2.75) is 53.3 Å². The number of rotatable bonds is 4. The molecule has 4 heterocycles. The Morgan fingerprint density at radius 3 is 2.46 bits per heavy atom. The Kier molecular flexibility index (Phi) is 6.33. The number of anilines is 2. The van der Waals surface area contributed by atoms with Gasteiger partial charge in [0.1, 0.15) is 17.0 Å². The molecule has 10 heteroatoms. The summed E-state index contributed by atoms with van der Waals surface area (Å²) in [5, 5.41) is 12.7. The highest BCUT2D eigenvalue weighted by Crippen LogP contribution is 2.33. The highest BCUT2D eigenvalue weighted by molar-refractivity contribution is 5.95. The molecule has 1 aliphatic rings. The average molecular weight is 528 g/mol. The Hall–Kier alpha value is -4.73. The van der Waals surface area contributed by atoms with Crippen LogP contribution in [0, 0.1) is 13.8 Å². The molecule has 1 aromatic carbocycles. The topological polar surface area (TPSA) is 127 Å². The Balaban J connectivity index is 1.62. The van der Waals surface area contributed by atoms with Crippen molar-refractivity contribution in [3.63, 3.8) is 0 Å². The smallest absolute Gasteiger partial charge is 0.413 e. The molecule has 0 atom stereocenters. The lowest BCUT2D eigenvalue weighted by atomic mass is 10.0. The molecule has 0 saturated heterocycles. The van der Waals surface area contributed by atoms with Gasteiger partial charge in [0.25, 0.3) is 0 Å². The summed E-state index contributed by atoms with van der Waals surface area (Å²) in [5.74, 6) is -1.03. The third kappa shape index (κ3) is 5.05. The molecule has 200 valence electrons. The van der Waals surface area contributed by atoms with Crippen LogP contribution in [-0.2, 0) is 17.8 Å². The van der Waals surface area contributed by atoms with Crippen molar-refractivity contribution < 1.29 is 19.4 Å². The van der Waals surface area contributed by atoms with Crippen molar-refractivity contribution in [3.8, 4) is 5.69 Å². The molecule has 0 aliphatic carbocycles. The van der Waals surface area contributed by atoms with Gasteiger partial charge in [0.2, 0.25) is 5.43 Å². The zero-order valence-corrected chi connectivity index (χ0v) is 22.4. The molecule has 39 heavy (non-hydrogen) atoms. The first-order valence-corrected chi connectivity index (χ1v) is 12.5. The number of fused-ring (bicyclic) bond motifs is 2.